The van der Waals surface area contributed by atoms with Crippen molar-refractivity contribution in [2.24, 2.45) is 5.92 Å². The van der Waals surface area contributed by atoms with E-state index in [2.05, 4.69) is 21.2 Å². The molecule has 15 heavy (non-hydrogen) atoms. The number of hydrogen-bond donors (Lipinski definition) is 1. The van der Waals surface area contributed by atoms with Crippen LogP contribution >= 0.6 is 15.9 Å². The van der Waals surface area contributed by atoms with E-state index in [4.69, 9.17) is 0 Å². The summed E-state index contributed by atoms with van der Waals surface area (Å²) in [6, 6.07) is 5.53. The van der Waals surface area contributed by atoms with Crippen molar-refractivity contribution in [2.75, 3.05) is 13.1 Å². The molecule has 3 heteroatoms. The van der Waals surface area contributed by atoms with Crippen LogP contribution in [0.3, 0.4) is 0 Å². The molecule has 0 saturated carbocycles. The molecule has 1 N–H and O–H groups in total. The van der Waals surface area contributed by atoms with E-state index in [1.807, 2.05) is 12.1 Å². The summed E-state index contributed by atoms with van der Waals surface area (Å²) in [4.78, 5) is 0. The Bertz CT molecular complexity index is 334. The monoisotopic (exact) mass is 271 g/mol. The van der Waals surface area contributed by atoms with Gasteiger partial charge in [0.15, 0.2) is 0 Å². The molecule has 1 fully saturated rings. The quantitative estimate of drug-likeness (QED) is 0.872. The molecule has 1 nitrogen and oxygen atoms in total. The second-order valence-electron chi connectivity index (χ2n) is 4.13. The zero-order valence-corrected chi connectivity index (χ0v) is 10.2. The summed E-state index contributed by atoms with van der Waals surface area (Å²) >= 11 is 3.22. The van der Waals surface area contributed by atoms with Crippen LogP contribution in [-0.4, -0.2) is 13.1 Å². The molecule has 0 bridgehead atoms. The molecule has 1 aliphatic heterocycles. The number of benzene rings is 1. The van der Waals surface area contributed by atoms with Gasteiger partial charge < -0.3 is 5.32 Å². The Hall–Kier alpha value is -0.410. The van der Waals surface area contributed by atoms with Crippen molar-refractivity contribution in [3.63, 3.8) is 0 Å². The third-order valence-corrected chi connectivity index (χ3v) is 3.55. The maximum atomic E-state index is 13.7. The van der Waals surface area contributed by atoms with E-state index < -0.39 is 0 Å². The van der Waals surface area contributed by atoms with Crippen LogP contribution in [0.2, 0.25) is 0 Å². The van der Waals surface area contributed by atoms with Gasteiger partial charge in [0, 0.05) is 0 Å². The largest absolute Gasteiger partial charge is 0.316 e. The van der Waals surface area contributed by atoms with E-state index in [1.165, 1.54) is 12.8 Å². The van der Waals surface area contributed by atoms with Crippen LogP contribution in [0, 0.1) is 11.7 Å². The first kappa shape index (κ1) is 11.1. The molecule has 1 unspecified atom stereocenters. The van der Waals surface area contributed by atoms with E-state index >= 15 is 0 Å². The standard InChI is InChI=1S/C12H15BrFN/c13-11-5-1-4-10(12(11)14)7-9-3-2-6-15-8-9/h1,4-5,9,15H,2-3,6-8H2. The van der Waals surface area contributed by atoms with Crippen LogP contribution in [0.1, 0.15) is 18.4 Å². The number of rotatable bonds is 2. The normalized spacial score (nSPS) is 21.6. The fourth-order valence-electron chi connectivity index (χ4n) is 2.12. The highest BCUT2D eigenvalue weighted by atomic mass is 79.9. The molecular formula is C12H15BrFN. The summed E-state index contributed by atoms with van der Waals surface area (Å²) in [5.41, 5.74) is 0.832. The molecule has 0 spiro atoms. The fourth-order valence-corrected chi connectivity index (χ4v) is 2.52. The van der Waals surface area contributed by atoms with Gasteiger partial charge >= 0.3 is 0 Å². The lowest BCUT2D eigenvalue weighted by Crippen LogP contribution is -2.31. The summed E-state index contributed by atoms with van der Waals surface area (Å²) in [5, 5.41) is 3.35. The highest BCUT2D eigenvalue weighted by Gasteiger charge is 2.16. The van der Waals surface area contributed by atoms with Gasteiger partial charge in [-0.3, -0.25) is 0 Å². The first-order valence-electron chi connectivity index (χ1n) is 5.41. The predicted octanol–water partition coefficient (Wildman–Crippen LogP) is 3.13. The molecule has 1 saturated heterocycles. The zero-order valence-electron chi connectivity index (χ0n) is 8.60. The molecule has 1 aromatic rings. The lowest BCUT2D eigenvalue weighted by Gasteiger charge is -2.22. The van der Waals surface area contributed by atoms with Crippen LogP contribution in [0.5, 0.6) is 0 Å². The van der Waals surface area contributed by atoms with Crippen LogP contribution in [0.4, 0.5) is 4.39 Å². The highest BCUT2D eigenvalue weighted by Crippen LogP contribution is 2.23. The minimum Gasteiger partial charge on any atom is -0.316 e. The Labute approximate surface area is 98.2 Å². The summed E-state index contributed by atoms with van der Waals surface area (Å²) in [6.07, 6.45) is 3.26. The Balaban J connectivity index is 2.06. The number of hydrogen-bond acceptors (Lipinski definition) is 1. The molecule has 0 aliphatic carbocycles. The van der Waals surface area contributed by atoms with E-state index in [0.717, 1.165) is 25.1 Å². The molecule has 1 heterocycles. The van der Waals surface area contributed by atoms with Crippen LogP contribution in [-0.2, 0) is 6.42 Å². The number of piperidine rings is 1. The van der Waals surface area contributed by atoms with Crippen LogP contribution in [0.25, 0.3) is 0 Å². The number of halogens is 2. The first-order chi connectivity index (χ1) is 7.27. The maximum Gasteiger partial charge on any atom is 0.140 e. The van der Waals surface area contributed by atoms with Gasteiger partial charge in [0.25, 0.3) is 0 Å². The Morgan fingerprint density at radius 2 is 2.33 bits per heavy atom. The lowest BCUT2D eigenvalue weighted by molar-refractivity contribution is 0.372. The minimum absolute atomic E-state index is 0.0944. The van der Waals surface area contributed by atoms with Gasteiger partial charge in [0.2, 0.25) is 0 Å². The molecule has 0 amide bonds. The average Bonchev–Trinajstić information content (AvgIpc) is 2.26. The summed E-state index contributed by atoms with van der Waals surface area (Å²) in [6.45, 7) is 2.13. The van der Waals surface area contributed by atoms with Crippen molar-refractivity contribution >= 4 is 15.9 Å². The molecule has 0 aromatic heterocycles. The SMILES string of the molecule is Fc1c(Br)cccc1CC1CCCNC1. The van der Waals surface area contributed by atoms with Gasteiger partial charge in [-0.25, -0.2) is 4.39 Å². The van der Waals surface area contributed by atoms with Crippen molar-refractivity contribution in [3.8, 4) is 0 Å². The number of nitrogens with one attached hydrogen (secondary N) is 1. The highest BCUT2D eigenvalue weighted by molar-refractivity contribution is 9.10. The second kappa shape index (κ2) is 5.08. The Morgan fingerprint density at radius 1 is 1.47 bits per heavy atom. The zero-order chi connectivity index (χ0) is 10.7. The van der Waals surface area contributed by atoms with Crippen molar-refractivity contribution in [3.05, 3.63) is 34.1 Å². The van der Waals surface area contributed by atoms with Crippen molar-refractivity contribution in [1.29, 1.82) is 0 Å². The van der Waals surface area contributed by atoms with Gasteiger partial charge in [-0.1, -0.05) is 12.1 Å². The second-order valence-corrected chi connectivity index (χ2v) is 4.98. The Kier molecular flexibility index (Phi) is 3.76. The van der Waals surface area contributed by atoms with Crippen molar-refractivity contribution < 1.29 is 4.39 Å². The van der Waals surface area contributed by atoms with Crippen molar-refractivity contribution in [1.82, 2.24) is 5.32 Å². The van der Waals surface area contributed by atoms with E-state index in [0.29, 0.717) is 10.4 Å². The first-order valence-corrected chi connectivity index (χ1v) is 6.20. The predicted molar refractivity (Wildman–Crippen MR) is 63.4 cm³/mol. The van der Waals surface area contributed by atoms with Gasteiger partial charge in [0.1, 0.15) is 5.82 Å². The van der Waals surface area contributed by atoms with Crippen LogP contribution in [0.15, 0.2) is 22.7 Å². The molecule has 1 atom stereocenters. The Morgan fingerprint density at radius 3 is 3.07 bits per heavy atom. The van der Waals surface area contributed by atoms with E-state index in [-0.39, 0.29) is 5.82 Å². The van der Waals surface area contributed by atoms with Gasteiger partial charge in [0.05, 0.1) is 4.47 Å². The molecular weight excluding hydrogens is 257 g/mol. The fraction of sp³-hybridized carbons (Fsp3) is 0.500. The summed E-state index contributed by atoms with van der Waals surface area (Å²) in [7, 11) is 0. The molecule has 2 rings (SSSR count). The van der Waals surface area contributed by atoms with Crippen LogP contribution < -0.4 is 5.32 Å². The molecule has 1 aromatic carbocycles. The molecule has 82 valence electrons. The molecule has 1 aliphatic rings. The van der Waals surface area contributed by atoms with E-state index in [9.17, 15) is 4.39 Å². The van der Waals surface area contributed by atoms with Gasteiger partial charge in [-0.05, 0) is 65.8 Å². The minimum atomic E-state index is -0.0944. The van der Waals surface area contributed by atoms with Crippen molar-refractivity contribution in [2.45, 2.75) is 19.3 Å². The topological polar surface area (TPSA) is 12.0 Å². The third kappa shape index (κ3) is 2.79. The van der Waals surface area contributed by atoms with Gasteiger partial charge in [-0.15, -0.1) is 0 Å². The summed E-state index contributed by atoms with van der Waals surface area (Å²) < 4.78 is 14.3. The average molecular weight is 272 g/mol. The summed E-state index contributed by atoms with van der Waals surface area (Å²) in [5.74, 6) is 0.491. The van der Waals surface area contributed by atoms with E-state index in [1.54, 1.807) is 6.07 Å². The van der Waals surface area contributed by atoms with Gasteiger partial charge in [-0.2, -0.15) is 0 Å². The smallest absolute Gasteiger partial charge is 0.140 e. The molecule has 0 radical (unpaired) electrons. The lowest BCUT2D eigenvalue weighted by atomic mass is 9.92. The maximum absolute atomic E-state index is 13.7. The third-order valence-electron chi connectivity index (χ3n) is 2.94.